The van der Waals surface area contributed by atoms with Crippen molar-refractivity contribution in [2.45, 2.75) is 80.5 Å². The average molecular weight is 357 g/mol. The van der Waals surface area contributed by atoms with Gasteiger partial charge in [-0.05, 0) is 56.8 Å². The molecule has 0 radical (unpaired) electrons. The van der Waals surface area contributed by atoms with Crippen LogP contribution in [0.15, 0.2) is 0 Å². The molecule has 0 aromatic carbocycles. The number of thioether (sulfide) groups is 2. The van der Waals surface area contributed by atoms with E-state index in [1.165, 1.54) is 69.3 Å². The Morgan fingerprint density at radius 2 is 1.39 bits per heavy atom. The molecule has 0 bridgehead atoms. The van der Waals surface area contributed by atoms with E-state index >= 15 is 0 Å². The first-order chi connectivity index (χ1) is 11.4. The molecule has 4 aliphatic rings. The summed E-state index contributed by atoms with van der Waals surface area (Å²) in [7, 11) is 0. The molecule has 23 heavy (non-hydrogen) atoms. The van der Waals surface area contributed by atoms with Gasteiger partial charge in [-0.3, -0.25) is 0 Å². The van der Waals surface area contributed by atoms with Crippen LogP contribution in [0.1, 0.15) is 57.8 Å². The Balaban J connectivity index is 1.17. The third kappa shape index (κ3) is 5.55. The highest BCUT2D eigenvalue weighted by atomic mass is 32.2. The topological polar surface area (TPSA) is 18.5 Å². The summed E-state index contributed by atoms with van der Waals surface area (Å²) < 4.78 is 12.4. The van der Waals surface area contributed by atoms with Crippen molar-refractivity contribution in [3.63, 3.8) is 0 Å². The number of hydrogen-bond acceptors (Lipinski definition) is 4. The second-order valence-electron chi connectivity index (χ2n) is 8.04. The molecule has 2 heterocycles. The zero-order chi connectivity index (χ0) is 15.5. The van der Waals surface area contributed by atoms with E-state index in [1.807, 2.05) is 0 Å². The maximum atomic E-state index is 6.31. The summed E-state index contributed by atoms with van der Waals surface area (Å²) >= 11 is 4.12. The molecule has 2 nitrogen and oxygen atoms in total. The van der Waals surface area contributed by atoms with Crippen molar-refractivity contribution in [2.24, 2.45) is 11.8 Å². The molecule has 2 aliphatic heterocycles. The van der Waals surface area contributed by atoms with Gasteiger partial charge in [0.2, 0.25) is 0 Å². The van der Waals surface area contributed by atoms with Crippen LogP contribution in [0.2, 0.25) is 0 Å². The zero-order valence-corrected chi connectivity index (χ0v) is 15.9. The summed E-state index contributed by atoms with van der Waals surface area (Å²) in [5.74, 6) is 4.45. The predicted molar refractivity (Wildman–Crippen MR) is 101 cm³/mol. The Morgan fingerprint density at radius 3 is 2.09 bits per heavy atom. The van der Waals surface area contributed by atoms with Gasteiger partial charge < -0.3 is 9.47 Å². The molecular formula is C19H32O2S2. The molecule has 4 atom stereocenters. The summed E-state index contributed by atoms with van der Waals surface area (Å²) in [6.07, 6.45) is 13.5. The van der Waals surface area contributed by atoms with Crippen molar-refractivity contribution in [1.29, 1.82) is 0 Å². The first kappa shape index (κ1) is 17.1. The fraction of sp³-hybridized carbons (Fsp3) is 1.00. The number of hydrogen-bond donors (Lipinski definition) is 0. The molecule has 4 heteroatoms. The molecule has 2 saturated carbocycles. The summed E-state index contributed by atoms with van der Waals surface area (Å²) in [4.78, 5) is 0. The first-order valence-corrected chi connectivity index (χ1v) is 11.9. The summed E-state index contributed by atoms with van der Waals surface area (Å²) in [5, 5.41) is 1.66. The summed E-state index contributed by atoms with van der Waals surface area (Å²) in [6, 6.07) is 0. The SMILES string of the molecule is C1CCC(OCC2CS2)C(CC2CCC(OCC3CS3)CC2)C1. The molecule has 2 aliphatic carbocycles. The van der Waals surface area contributed by atoms with Crippen LogP contribution in [0.3, 0.4) is 0 Å². The highest BCUT2D eigenvalue weighted by Crippen LogP contribution is 2.39. The van der Waals surface area contributed by atoms with Gasteiger partial charge in [-0.25, -0.2) is 0 Å². The van der Waals surface area contributed by atoms with Crippen LogP contribution in [0.25, 0.3) is 0 Å². The van der Waals surface area contributed by atoms with E-state index in [4.69, 9.17) is 9.47 Å². The van der Waals surface area contributed by atoms with E-state index in [-0.39, 0.29) is 0 Å². The van der Waals surface area contributed by atoms with Crippen molar-refractivity contribution >= 4 is 23.5 Å². The Hall–Kier alpha value is 0.620. The molecule has 4 rings (SSSR count). The maximum Gasteiger partial charge on any atom is 0.0603 e. The Kier molecular flexibility index (Phi) is 6.18. The molecule has 4 fully saturated rings. The largest absolute Gasteiger partial charge is 0.377 e. The van der Waals surface area contributed by atoms with Crippen LogP contribution in [0.4, 0.5) is 0 Å². The third-order valence-corrected chi connectivity index (χ3v) is 7.97. The Labute approximate surface area is 150 Å². The van der Waals surface area contributed by atoms with E-state index in [1.54, 1.807) is 0 Å². The van der Waals surface area contributed by atoms with E-state index < -0.39 is 0 Å². The standard InChI is InChI=1S/C19H32O2S2/c1-2-4-19(21-11-18-13-23-18)15(3-1)9-14-5-7-16(8-6-14)20-10-17-12-22-17/h14-19H,1-13H2. The van der Waals surface area contributed by atoms with E-state index in [0.717, 1.165) is 35.5 Å². The summed E-state index contributed by atoms with van der Waals surface area (Å²) in [5.41, 5.74) is 0. The van der Waals surface area contributed by atoms with Crippen LogP contribution in [0.5, 0.6) is 0 Å². The van der Waals surface area contributed by atoms with Gasteiger partial charge in [-0.1, -0.05) is 12.8 Å². The van der Waals surface area contributed by atoms with Gasteiger partial charge in [-0.2, -0.15) is 23.5 Å². The molecule has 0 spiro atoms. The van der Waals surface area contributed by atoms with Crippen LogP contribution in [0, 0.1) is 11.8 Å². The number of rotatable bonds is 8. The predicted octanol–water partition coefficient (Wildman–Crippen LogP) is 4.76. The van der Waals surface area contributed by atoms with Gasteiger partial charge in [0, 0.05) is 22.0 Å². The molecule has 0 aromatic heterocycles. The van der Waals surface area contributed by atoms with E-state index in [2.05, 4.69) is 23.5 Å². The minimum absolute atomic E-state index is 0.567. The maximum absolute atomic E-state index is 6.31. The minimum atomic E-state index is 0.567. The van der Waals surface area contributed by atoms with Gasteiger partial charge >= 0.3 is 0 Å². The molecular weight excluding hydrogens is 324 g/mol. The normalized spacial score (nSPS) is 43.3. The minimum Gasteiger partial charge on any atom is -0.377 e. The van der Waals surface area contributed by atoms with Gasteiger partial charge in [0.15, 0.2) is 0 Å². The zero-order valence-electron chi connectivity index (χ0n) is 14.3. The first-order valence-electron chi connectivity index (χ1n) is 9.83. The lowest BCUT2D eigenvalue weighted by Crippen LogP contribution is -2.32. The van der Waals surface area contributed by atoms with Gasteiger partial charge in [0.05, 0.1) is 25.4 Å². The molecule has 132 valence electrons. The van der Waals surface area contributed by atoms with Crippen molar-refractivity contribution in [2.75, 3.05) is 24.7 Å². The molecule has 2 saturated heterocycles. The van der Waals surface area contributed by atoms with Crippen LogP contribution >= 0.6 is 23.5 Å². The Bertz CT molecular complexity index is 362. The van der Waals surface area contributed by atoms with Crippen LogP contribution < -0.4 is 0 Å². The van der Waals surface area contributed by atoms with E-state index in [0.29, 0.717) is 12.2 Å². The summed E-state index contributed by atoms with van der Waals surface area (Å²) in [6.45, 7) is 2.03. The average Bonchev–Trinajstić information content (AvgIpc) is 3.48. The monoisotopic (exact) mass is 356 g/mol. The van der Waals surface area contributed by atoms with Crippen LogP contribution in [-0.4, -0.2) is 47.4 Å². The van der Waals surface area contributed by atoms with Crippen molar-refractivity contribution < 1.29 is 9.47 Å². The fourth-order valence-corrected chi connectivity index (χ4v) is 5.24. The van der Waals surface area contributed by atoms with Gasteiger partial charge in [0.25, 0.3) is 0 Å². The highest BCUT2D eigenvalue weighted by Gasteiger charge is 2.33. The quantitative estimate of drug-likeness (QED) is 0.584. The number of ether oxygens (including phenoxy) is 2. The highest BCUT2D eigenvalue weighted by molar-refractivity contribution is 8.07. The lowest BCUT2D eigenvalue weighted by atomic mass is 9.76. The van der Waals surface area contributed by atoms with Crippen LogP contribution in [-0.2, 0) is 9.47 Å². The lowest BCUT2D eigenvalue weighted by molar-refractivity contribution is -0.0231. The van der Waals surface area contributed by atoms with Gasteiger partial charge in [-0.15, -0.1) is 0 Å². The molecule has 0 N–H and O–H groups in total. The fourth-order valence-electron chi connectivity index (χ4n) is 4.43. The molecule has 4 unspecified atom stereocenters. The lowest BCUT2D eigenvalue weighted by Gasteiger charge is -2.36. The molecule has 0 aromatic rings. The van der Waals surface area contributed by atoms with Crippen molar-refractivity contribution in [3.8, 4) is 0 Å². The van der Waals surface area contributed by atoms with Crippen molar-refractivity contribution in [3.05, 3.63) is 0 Å². The second kappa shape index (κ2) is 8.33. The second-order valence-corrected chi connectivity index (χ2v) is 10.7. The molecule has 0 amide bonds. The van der Waals surface area contributed by atoms with Gasteiger partial charge in [0.1, 0.15) is 0 Å². The third-order valence-electron chi connectivity index (χ3n) is 6.09. The smallest absolute Gasteiger partial charge is 0.0603 e. The van der Waals surface area contributed by atoms with E-state index in [9.17, 15) is 0 Å². The van der Waals surface area contributed by atoms with Crippen molar-refractivity contribution in [1.82, 2.24) is 0 Å². The Morgan fingerprint density at radius 1 is 0.739 bits per heavy atom.